The van der Waals surface area contributed by atoms with Gasteiger partial charge in [-0.15, -0.1) is 0 Å². The molecule has 0 bridgehead atoms. The van der Waals surface area contributed by atoms with Crippen LogP contribution in [-0.2, 0) is 14.3 Å². The normalized spacial score (nSPS) is 16.2. The quantitative estimate of drug-likeness (QED) is 0.467. The number of carbonyl (C=O) groups is 1. The maximum atomic E-state index is 11.7. The molecule has 0 atom stereocenters. The van der Waals surface area contributed by atoms with E-state index in [0.717, 1.165) is 5.56 Å². The van der Waals surface area contributed by atoms with Crippen LogP contribution in [0, 0.1) is 6.92 Å². The molecule has 0 unspecified atom stereocenters. The minimum Gasteiger partial charge on any atom is -0.500 e. The molecule has 0 spiro atoms. The molecule has 4 heteroatoms. The van der Waals surface area contributed by atoms with E-state index in [1.165, 1.54) is 58.1 Å². The van der Waals surface area contributed by atoms with Gasteiger partial charge in [0, 0.05) is 0 Å². The second-order valence-corrected chi connectivity index (χ2v) is 5.67. The summed E-state index contributed by atoms with van der Waals surface area (Å²) in [7, 11) is 2.79. The molecule has 0 amide bonds. The molecule has 0 saturated heterocycles. The van der Waals surface area contributed by atoms with Crippen LogP contribution in [0.4, 0.5) is 0 Å². The van der Waals surface area contributed by atoms with E-state index in [4.69, 9.17) is 14.2 Å². The summed E-state index contributed by atoms with van der Waals surface area (Å²) in [6, 6.07) is 6.24. The van der Waals surface area contributed by atoms with Crippen molar-refractivity contribution in [1.82, 2.24) is 0 Å². The van der Waals surface area contributed by atoms with Crippen molar-refractivity contribution < 1.29 is 19.0 Å². The van der Waals surface area contributed by atoms with Crippen molar-refractivity contribution in [3.63, 3.8) is 0 Å². The maximum Gasteiger partial charge on any atom is 0.377 e. The predicted molar refractivity (Wildman–Crippen MR) is 84.7 cm³/mol. The molecule has 2 rings (SSSR count). The summed E-state index contributed by atoms with van der Waals surface area (Å²) in [5.74, 6) is 0.764. The maximum absolute atomic E-state index is 11.7. The Morgan fingerprint density at radius 3 is 2.55 bits per heavy atom. The van der Waals surface area contributed by atoms with Gasteiger partial charge in [-0.05, 0) is 42.9 Å². The van der Waals surface area contributed by atoms with Gasteiger partial charge in [-0.1, -0.05) is 31.4 Å². The molecule has 1 saturated carbocycles. The van der Waals surface area contributed by atoms with E-state index in [-0.39, 0.29) is 5.76 Å². The molecule has 1 fully saturated rings. The van der Waals surface area contributed by atoms with Crippen LogP contribution in [0.5, 0.6) is 5.75 Å². The van der Waals surface area contributed by atoms with Gasteiger partial charge in [0.05, 0.1) is 14.2 Å². The van der Waals surface area contributed by atoms with E-state index in [1.807, 2.05) is 19.1 Å². The van der Waals surface area contributed by atoms with Crippen LogP contribution in [-0.4, -0.2) is 20.2 Å². The lowest BCUT2D eigenvalue weighted by Crippen LogP contribution is -2.12. The standard InChI is InChI=1S/C18H24O4/c1-13-9-10-15(14-7-5-4-6-8-14)11-16(13)22-17(12-20-2)18(19)21-3/h9-12,14H,4-8H2,1-3H3. The number of hydrogen-bond donors (Lipinski definition) is 0. The van der Waals surface area contributed by atoms with Crippen LogP contribution in [0.2, 0.25) is 0 Å². The first kappa shape index (κ1) is 16.4. The molecule has 1 aromatic carbocycles. The average Bonchev–Trinajstić information content (AvgIpc) is 2.56. The molecule has 0 aliphatic heterocycles. The molecule has 0 aromatic heterocycles. The number of ether oxygens (including phenoxy) is 3. The Morgan fingerprint density at radius 1 is 1.18 bits per heavy atom. The third-order valence-electron chi connectivity index (χ3n) is 4.12. The van der Waals surface area contributed by atoms with Crippen molar-refractivity contribution in [2.75, 3.05) is 14.2 Å². The monoisotopic (exact) mass is 304 g/mol. The molecule has 0 heterocycles. The highest BCUT2D eigenvalue weighted by Crippen LogP contribution is 2.35. The highest BCUT2D eigenvalue weighted by molar-refractivity contribution is 5.86. The van der Waals surface area contributed by atoms with E-state index in [2.05, 4.69) is 6.07 Å². The van der Waals surface area contributed by atoms with Crippen molar-refractivity contribution in [2.45, 2.75) is 44.9 Å². The molecule has 4 nitrogen and oxygen atoms in total. The van der Waals surface area contributed by atoms with Crippen molar-refractivity contribution >= 4 is 5.97 Å². The van der Waals surface area contributed by atoms with Crippen LogP contribution in [0.25, 0.3) is 0 Å². The Kier molecular flexibility index (Phi) is 5.87. The summed E-state index contributed by atoms with van der Waals surface area (Å²) in [4.78, 5) is 11.7. The van der Waals surface area contributed by atoms with Gasteiger partial charge >= 0.3 is 5.97 Å². The fourth-order valence-electron chi connectivity index (χ4n) is 2.86. The number of methoxy groups -OCH3 is 2. The summed E-state index contributed by atoms with van der Waals surface area (Å²) in [5.41, 5.74) is 2.26. The first-order valence-electron chi connectivity index (χ1n) is 7.75. The van der Waals surface area contributed by atoms with Gasteiger partial charge in [0.1, 0.15) is 12.0 Å². The van der Waals surface area contributed by atoms with Crippen molar-refractivity contribution in [2.24, 2.45) is 0 Å². The molecule has 120 valence electrons. The molecule has 22 heavy (non-hydrogen) atoms. The lowest BCUT2D eigenvalue weighted by molar-refractivity contribution is -0.138. The first-order chi connectivity index (χ1) is 10.7. The molecular formula is C18H24O4. The summed E-state index contributed by atoms with van der Waals surface area (Å²) < 4.78 is 15.3. The first-order valence-corrected chi connectivity index (χ1v) is 7.75. The molecule has 0 radical (unpaired) electrons. The number of esters is 1. The third kappa shape index (κ3) is 4.03. The Balaban J connectivity index is 2.22. The Morgan fingerprint density at radius 2 is 1.91 bits per heavy atom. The lowest BCUT2D eigenvalue weighted by Gasteiger charge is -2.23. The van der Waals surface area contributed by atoms with Crippen LogP contribution in [0.15, 0.2) is 30.2 Å². The largest absolute Gasteiger partial charge is 0.500 e. The second kappa shape index (κ2) is 7.87. The van der Waals surface area contributed by atoms with E-state index >= 15 is 0 Å². The SMILES string of the molecule is COC=C(Oc1cc(C2CCCCC2)ccc1C)C(=O)OC. The summed E-state index contributed by atoms with van der Waals surface area (Å²) >= 11 is 0. The zero-order valence-electron chi connectivity index (χ0n) is 13.6. The summed E-state index contributed by atoms with van der Waals surface area (Å²) in [6.45, 7) is 1.96. The van der Waals surface area contributed by atoms with Crippen molar-refractivity contribution in [1.29, 1.82) is 0 Å². The Bertz CT molecular complexity index is 542. The smallest absolute Gasteiger partial charge is 0.377 e. The van der Waals surface area contributed by atoms with E-state index in [9.17, 15) is 4.79 Å². The minimum absolute atomic E-state index is 0.0499. The van der Waals surface area contributed by atoms with Crippen LogP contribution >= 0.6 is 0 Å². The van der Waals surface area contributed by atoms with Crippen LogP contribution < -0.4 is 4.74 Å². The van der Waals surface area contributed by atoms with Gasteiger partial charge in [-0.3, -0.25) is 0 Å². The number of benzene rings is 1. The molecule has 1 aliphatic carbocycles. The third-order valence-corrected chi connectivity index (χ3v) is 4.12. The van der Waals surface area contributed by atoms with Gasteiger partial charge < -0.3 is 14.2 Å². The van der Waals surface area contributed by atoms with E-state index < -0.39 is 5.97 Å². The van der Waals surface area contributed by atoms with Gasteiger partial charge in [0.25, 0.3) is 0 Å². The van der Waals surface area contributed by atoms with E-state index in [0.29, 0.717) is 11.7 Å². The topological polar surface area (TPSA) is 44.8 Å². The number of hydrogen-bond acceptors (Lipinski definition) is 4. The van der Waals surface area contributed by atoms with Gasteiger partial charge in [-0.2, -0.15) is 0 Å². The van der Waals surface area contributed by atoms with Crippen molar-refractivity contribution in [3.05, 3.63) is 41.3 Å². The molecule has 0 N–H and O–H groups in total. The zero-order chi connectivity index (χ0) is 15.9. The highest BCUT2D eigenvalue weighted by atomic mass is 16.6. The fourth-order valence-corrected chi connectivity index (χ4v) is 2.86. The molecule has 1 aromatic rings. The predicted octanol–water partition coefficient (Wildman–Crippen LogP) is 4.08. The Labute approximate surface area is 132 Å². The summed E-state index contributed by atoms with van der Waals surface area (Å²) in [5, 5.41) is 0. The molecule has 1 aliphatic rings. The highest BCUT2D eigenvalue weighted by Gasteiger charge is 2.19. The van der Waals surface area contributed by atoms with Gasteiger partial charge in [-0.25, -0.2) is 4.79 Å². The van der Waals surface area contributed by atoms with Crippen LogP contribution in [0.3, 0.4) is 0 Å². The second-order valence-electron chi connectivity index (χ2n) is 5.67. The van der Waals surface area contributed by atoms with Gasteiger partial charge in [0.2, 0.25) is 5.76 Å². The van der Waals surface area contributed by atoms with Gasteiger partial charge in [0.15, 0.2) is 0 Å². The average molecular weight is 304 g/mol. The number of aryl methyl sites for hydroxylation is 1. The van der Waals surface area contributed by atoms with Crippen molar-refractivity contribution in [3.8, 4) is 5.75 Å². The summed E-state index contributed by atoms with van der Waals surface area (Å²) in [6.07, 6.45) is 7.60. The lowest BCUT2D eigenvalue weighted by atomic mass is 9.84. The molecular weight excluding hydrogens is 280 g/mol. The Hall–Kier alpha value is -1.97. The number of carbonyl (C=O) groups excluding carboxylic acids is 1. The minimum atomic E-state index is -0.552. The zero-order valence-corrected chi connectivity index (χ0v) is 13.6. The van der Waals surface area contributed by atoms with Crippen LogP contribution in [0.1, 0.15) is 49.1 Å². The fraction of sp³-hybridized carbons (Fsp3) is 0.500. The number of rotatable bonds is 5. The van der Waals surface area contributed by atoms with E-state index in [1.54, 1.807) is 0 Å².